The Kier molecular flexibility index (Phi) is 7.82. The molecule has 0 bridgehead atoms. The van der Waals surface area contributed by atoms with E-state index in [4.69, 9.17) is 47.0 Å². The summed E-state index contributed by atoms with van der Waals surface area (Å²) in [4.78, 5) is 12.7. The zero-order valence-corrected chi connectivity index (χ0v) is 20.1. The molecular formula is C21H17BrCl3N3OS. The van der Waals surface area contributed by atoms with E-state index in [2.05, 4.69) is 31.9 Å². The summed E-state index contributed by atoms with van der Waals surface area (Å²) in [6.07, 6.45) is -0.899. The van der Waals surface area contributed by atoms with Gasteiger partial charge in [0.25, 0.3) is 0 Å². The number of carbonyl (C=O) groups excluding carboxylic acids is 1. The van der Waals surface area contributed by atoms with Crippen LogP contribution >= 0.6 is 63.0 Å². The molecule has 0 unspecified atom stereocenters. The molecule has 0 saturated carbocycles. The predicted molar refractivity (Wildman–Crippen MR) is 133 cm³/mol. The molecule has 3 N–H and O–H groups in total. The van der Waals surface area contributed by atoms with Gasteiger partial charge in [-0.1, -0.05) is 99.3 Å². The number of anilines is 1. The van der Waals surface area contributed by atoms with Crippen molar-refractivity contribution in [3.05, 3.63) is 76.8 Å². The number of carbonyl (C=O) groups is 1. The molecule has 156 valence electrons. The van der Waals surface area contributed by atoms with E-state index in [1.165, 1.54) is 0 Å². The molecule has 1 amide bonds. The van der Waals surface area contributed by atoms with Crippen molar-refractivity contribution in [1.29, 1.82) is 0 Å². The van der Waals surface area contributed by atoms with Gasteiger partial charge in [-0.2, -0.15) is 0 Å². The Bertz CT molecular complexity index is 1070. The fraction of sp³-hybridized carbons (Fsp3) is 0.143. The molecule has 3 aromatic carbocycles. The second-order valence-corrected chi connectivity index (χ2v) is 10.2. The molecule has 0 saturated heterocycles. The largest absolute Gasteiger partial charge is 0.339 e. The van der Waals surface area contributed by atoms with Crippen molar-refractivity contribution < 1.29 is 4.79 Å². The van der Waals surface area contributed by atoms with E-state index < -0.39 is 9.96 Å². The lowest BCUT2D eigenvalue weighted by molar-refractivity contribution is -0.121. The smallest absolute Gasteiger partial charge is 0.228 e. The Morgan fingerprint density at radius 3 is 2.43 bits per heavy atom. The van der Waals surface area contributed by atoms with Crippen molar-refractivity contribution >= 4 is 90.4 Å². The van der Waals surface area contributed by atoms with Crippen molar-refractivity contribution in [3.63, 3.8) is 0 Å². The van der Waals surface area contributed by atoms with Gasteiger partial charge >= 0.3 is 0 Å². The lowest BCUT2D eigenvalue weighted by Gasteiger charge is -2.28. The summed E-state index contributed by atoms with van der Waals surface area (Å²) in [7, 11) is 0. The van der Waals surface area contributed by atoms with E-state index in [1.807, 2.05) is 66.7 Å². The Hall–Kier alpha value is -1.57. The van der Waals surface area contributed by atoms with Crippen LogP contribution in [0.25, 0.3) is 10.8 Å². The Labute approximate surface area is 203 Å². The van der Waals surface area contributed by atoms with E-state index in [9.17, 15) is 4.79 Å². The monoisotopic (exact) mass is 543 g/mol. The maximum atomic E-state index is 12.7. The molecule has 0 aliphatic carbocycles. The third kappa shape index (κ3) is 6.46. The number of alkyl halides is 3. The number of fused-ring (bicyclic) bond motifs is 1. The number of rotatable bonds is 5. The van der Waals surface area contributed by atoms with Gasteiger partial charge in [0.1, 0.15) is 6.17 Å². The lowest BCUT2D eigenvalue weighted by Crippen LogP contribution is -2.56. The van der Waals surface area contributed by atoms with E-state index in [0.29, 0.717) is 0 Å². The van der Waals surface area contributed by atoms with Crippen LogP contribution < -0.4 is 16.0 Å². The topological polar surface area (TPSA) is 53.2 Å². The van der Waals surface area contributed by atoms with Gasteiger partial charge in [0.2, 0.25) is 9.70 Å². The minimum Gasteiger partial charge on any atom is -0.339 e. The van der Waals surface area contributed by atoms with Crippen molar-refractivity contribution in [1.82, 2.24) is 10.6 Å². The van der Waals surface area contributed by atoms with Gasteiger partial charge < -0.3 is 16.0 Å². The van der Waals surface area contributed by atoms with Crippen molar-refractivity contribution in [2.45, 2.75) is 16.4 Å². The Morgan fingerprint density at radius 1 is 1.00 bits per heavy atom. The fourth-order valence-corrected chi connectivity index (χ4v) is 3.86. The van der Waals surface area contributed by atoms with Gasteiger partial charge in [0.15, 0.2) is 5.11 Å². The number of hydrogen-bond acceptors (Lipinski definition) is 2. The zero-order valence-electron chi connectivity index (χ0n) is 15.5. The van der Waals surface area contributed by atoms with E-state index in [1.54, 1.807) is 0 Å². The maximum Gasteiger partial charge on any atom is 0.228 e. The molecule has 0 fully saturated rings. The Balaban J connectivity index is 1.68. The quantitative estimate of drug-likeness (QED) is 0.211. The molecule has 9 heteroatoms. The molecule has 0 aromatic heterocycles. The highest BCUT2D eigenvalue weighted by Crippen LogP contribution is 2.29. The second-order valence-electron chi connectivity index (χ2n) is 6.47. The maximum absolute atomic E-state index is 12.7. The molecule has 3 rings (SSSR count). The molecule has 3 aromatic rings. The van der Waals surface area contributed by atoms with Gasteiger partial charge in [-0.15, -0.1) is 0 Å². The van der Waals surface area contributed by atoms with E-state index in [0.717, 1.165) is 26.5 Å². The summed E-state index contributed by atoms with van der Waals surface area (Å²) in [5.41, 5.74) is 1.62. The normalized spacial score (nSPS) is 12.3. The first kappa shape index (κ1) is 23.1. The minimum absolute atomic E-state index is 0.131. The summed E-state index contributed by atoms with van der Waals surface area (Å²) >= 11 is 26.9. The standard InChI is InChI=1S/C21H17BrCl3N3OS/c22-15-8-4-9-16(12-15)26-20(30)28-19(21(23,24)25)27-18(29)11-14-7-3-6-13-5-1-2-10-17(13)14/h1-10,12,19H,11H2,(H,27,29)(H2,26,28,30)/t19-/m1/s1. The summed E-state index contributed by atoms with van der Waals surface area (Å²) < 4.78 is -0.936. The highest BCUT2D eigenvalue weighted by atomic mass is 79.9. The number of nitrogens with one attached hydrogen (secondary N) is 3. The van der Waals surface area contributed by atoms with Crippen LogP contribution in [0.15, 0.2) is 71.2 Å². The fourth-order valence-electron chi connectivity index (χ4n) is 2.90. The molecule has 1 atom stereocenters. The highest BCUT2D eigenvalue weighted by Gasteiger charge is 2.34. The van der Waals surface area contributed by atoms with Crippen LogP contribution in [0, 0.1) is 0 Å². The number of halogens is 4. The van der Waals surface area contributed by atoms with E-state index >= 15 is 0 Å². The summed E-state index contributed by atoms with van der Waals surface area (Å²) in [5.74, 6) is -0.305. The first-order chi connectivity index (χ1) is 14.2. The molecule has 0 radical (unpaired) electrons. The Morgan fingerprint density at radius 2 is 1.70 bits per heavy atom. The van der Waals surface area contributed by atoms with Gasteiger partial charge in [0.05, 0.1) is 6.42 Å². The van der Waals surface area contributed by atoms with Crippen LogP contribution in [0.3, 0.4) is 0 Å². The highest BCUT2D eigenvalue weighted by molar-refractivity contribution is 9.10. The molecule has 0 spiro atoms. The third-order valence-corrected chi connectivity index (χ3v) is 5.59. The zero-order chi connectivity index (χ0) is 21.7. The first-order valence-electron chi connectivity index (χ1n) is 8.88. The molecular weight excluding hydrogens is 529 g/mol. The van der Waals surface area contributed by atoms with Crippen LogP contribution in [-0.2, 0) is 11.2 Å². The predicted octanol–water partition coefficient (Wildman–Crippen LogP) is 5.94. The first-order valence-corrected chi connectivity index (χ1v) is 11.2. The summed E-state index contributed by atoms with van der Waals surface area (Å²) in [6, 6.07) is 21.1. The van der Waals surface area contributed by atoms with Crippen LogP contribution in [0.2, 0.25) is 0 Å². The van der Waals surface area contributed by atoms with Crippen molar-refractivity contribution in [3.8, 4) is 0 Å². The molecule has 0 aliphatic rings. The molecule has 0 heterocycles. The van der Waals surface area contributed by atoms with Gasteiger partial charge in [-0.05, 0) is 46.8 Å². The van der Waals surface area contributed by atoms with Gasteiger partial charge in [-0.3, -0.25) is 4.79 Å². The molecule has 0 aliphatic heterocycles. The summed E-state index contributed by atoms with van der Waals surface area (Å²) in [5, 5.41) is 10.8. The van der Waals surface area contributed by atoms with Gasteiger partial charge in [-0.25, -0.2) is 0 Å². The van der Waals surface area contributed by atoms with Crippen LogP contribution in [0.1, 0.15) is 5.56 Å². The van der Waals surface area contributed by atoms with Crippen LogP contribution in [0.5, 0.6) is 0 Å². The number of hydrogen-bond donors (Lipinski definition) is 3. The van der Waals surface area contributed by atoms with Crippen molar-refractivity contribution in [2.24, 2.45) is 0 Å². The minimum atomic E-state index is -1.82. The van der Waals surface area contributed by atoms with E-state index in [-0.39, 0.29) is 17.4 Å². The average Bonchev–Trinajstić information content (AvgIpc) is 2.67. The third-order valence-electron chi connectivity index (χ3n) is 4.22. The molecule has 30 heavy (non-hydrogen) atoms. The number of benzene rings is 3. The SMILES string of the molecule is O=C(Cc1cccc2ccccc12)N[C@H](NC(=S)Nc1cccc(Br)c1)C(Cl)(Cl)Cl. The summed E-state index contributed by atoms with van der Waals surface area (Å²) in [6.45, 7) is 0. The number of amides is 1. The number of thiocarbonyl (C=S) groups is 1. The second kappa shape index (κ2) is 10.2. The lowest BCUT2D eigenvalue weighted by atomic mass is 10.0. The molecule has 4 nitrogen and oxygen atoms in total. The van der Waals surface area contributed by atoms with Gasteiger partial charge in [0, 0.05) is 10.2 Å². The van der Waals surface area contributed by atoms with Crippen molar-refractivity contribution in [2.75, 3.05) is 5.32 Å². The van der Waals surface area contributed by atoms with Crippen LogP contribution in [-0.4, -0.2) is 21.0 Å². The van der Waals surface area contributed by atoms with Crippen LogP contribution in [0.4, 0.5) is 5.69 Å². The average molecular weight is 546 g/mol.